The highest BCUT2D eigenvalue weighted by Gasteiger charge is 2.17. The summed E-state index contributed by atoms with van der Waals surface area (Å²) in [7, 11) is 0. The van der Waals surface area contributed by atoms with Gasteiger partial charge in [0.05, 0.1) is 5.52 Å². The Morgan fingerprint density at radius 3 is 2.41 bits per heavy atom. The molecule has 0 bridgehead atoms. The molecular weight excluding hydrogens is 330 g/mol. The van der Waals surface area contributed by atoms with Crippen LogP contribution in [0.5, 0.6) is 0 Å². The van der Waals surface area contributed by atoms with Gasteiger partial charge in [-0.1, -0.05) is 44.9 Å². The first-order valence-electron chi connectivity index (χ1n) is 11.2. The summed E-state index contributed by atoms with van der Waals surface area (Å²) in [6.45, 7) is 9.34. The van der Waals surface area contributed by atoms with Crippen LogP contribution in [0.1, 0.15) is 70.1 Å². The third kappa shape index (κ3) is 5.44. The van der Waals surface area contributed by atoms with Crippen molar-refractivity contribution >= 4 is 16.6 Å². The van der Waals surface area contributed by atoms with Gasteiger partial charge in [0.25, 0.3) is 0 Å². The number of benzene rings is 1. The molecule has 0 unspecified atom stereocenters. The van der Waals surface area contributed by atoms with Crippen molar-refractivity contribution in [2.75, 3.05) is 31.5 Å². The Balaban J connectivity index is 1.64. The van der Waals surface area contributed by atoms with Crippen molar-refractivity contribution in [3.8, 4) is 0 Å². The molecule has 3 nitrogen and oxygen atoms in total. The molecule has 0 radical (unpaired) electrons. The Hall–Kier alpha value is -1.61. The van der Waals surface area contributed by atoms with E-state index in [1.807, 2.05) is 0 Å². The zero-order valence-corrected chi connectivity index (χ0v) is 17.4. The highest BCUT2D eigenvalue weighted by atomic mass is 15.1. The lowest BCUT2D eigenvalue weighted by Crippen LogP contribution is -2.28. The molecule has 1 N–H and O–H groups in total. The van der Waals surface area contributed by atoms with E-state index in [9.17, 15) is 0 Å². The van der Waals surface area contributed by atoms with Crippen LogP contribution in [0, 0.1) is 0 Å². The molecule has 0 aliphatic heterocycles. The fraction of sp³-hybridized carbons (Fsp3) is 0.625. The molecule has 0 amide bonds. The van der Waals surface area contributed by atoms with Crippen molar-refractivity contribution in [1.29, 1.82) is 0 Å². The fourth-order valence-electron chi connectivity index (χ4n) is 4.19. The number of anilines is 1. The molecule has 1 aromatic heterocycles. The van der Waals surface area contributed by atoms with Crippen LogP contribution in [-0.2, 0) is 12.8 Å². The molecule has 2 aromatic rings. The van der Waals surface area contributed by atoms with E-state index in [0.717, 1.165) is 18.5 Å². The van der Waals surface area contributed by atoms with Crippen LogP contribution in [0.3, 0.4) is 0 Å². The number of hydrogen-bond acceptors (Lipinski definition) is 3. The molecule has 148 valence electrons. The number of aryl methyl sites for hydroxylation is 1. The molecule has 3 rings (SSSR count). The van der Waals surface area contributed by atoms with Crippen molar-refractivity contribution in [3.63, 3.8) is 0 Å². The minimum Gasteiger partial charge on any atom is -0.384 e. The Morgan fingerprint density at radius 2 is 1.63 bits per heavy atom. The van der Waals surface area contributed by atoms with Crippen LogP contribution in [0.4, 0.5) is 5.69 Å². The number of para-hydroxylation sites is 1. The van der Waals surface area contributed by atoms with Gasteiger partial charge in [-0.2, -0.15) is 0 Å². The largest absolute Gasteiger partial charge is 0.384 e. The number of fused-ring (bicyclic) bond motifs is 2. The predicted molar refractivity (Wildman–Crippen MR) is 118 cm³/mol. The second kappa shape index (κ2) is 10.7. The smallest absolute Gasteiger partial charge is 0.0726 e. The summed E-state index contributed by atoms with van der Waals surface area (Å²) in [5.74, 6) is 0. The van der Waals surface area contributed by atoms with Crippen LogP contribution in [-0.4, -0.2) is 36.1 Å². The van der Waals surface area contributed by atoms with Crippen LogP contribution >= 0.6 is 0 Å². The molecular formula is C24H37N3. The average molecular weight is 368 g/mol. The Bertz CT molecular complexity index is 702. The normalized spacial score (nSPS) is 13.9. The topological polar surface area (TPSA) is 28.2 Å². The molecule has 1 aromatic carbocycles. The molecule has 1 heterocycles. The number of pyridine rings is 1. The monoisotopic (exact) mass is 367 g/mol. The van der Waals surface area contributed by atoms with Crippen molar-refractivity contribution in [2.45, 2.75) is 71.6 Å². The van der Waals surface area contributed by atoms with E-state index in [4.69, 9.17) is 4.98 Å². The van der Waals surface area contributed by atoms with Gasteiger partial charge < -0.3 is 10.2 Å². The number of nitrogens with zero attached hydrogens (tertiary/aromatic N) is 2. The van der Waals surface area contributed by atoms with Crippen molar-refractivity contribution in [1.82, 2.24) is 9.88 Å². The summed E-state index contributed by atoms with van der Waals surface area (Å²) in [6, 6.07) is 8.64. The number of unbranched alkanes of at least 4 members (excludes halogenated alkanes) is 2. The predicted octanol–water partition coefficient (Wildman–Crippen LogP) is 5.82. The summed E-state index contributed by atoms with van der Waals surface area (Å²) < 4.78 is 0. The van der Waals surface area contributed by atoms with Gasteiger partial charge in [-0.25, -0.2) is 0 Å². The minimum atomic E-state index is 1.05. The Morgan fingerprint density at radius 1 is 0.926 bits per heavy atom. The van der Waals surface area contributed by atoms with Crippen molar-refractivity contribution in [2.24, 2.45) is 0 Å². The number of aromatic nitrogens is 1. The van der Waals surface area contributed by atoms with Crippen molar-refractivity contribution in [3.05, 3.63) is 35.5 Å². The summed E-state index contributed by atoms with van der Waals surface area (Å²) >= 11 is 0. The Kier molecular flexibility index (Phi) is 7.94. The van der Waals surface area contributed by atoms with Gasteiger partial charge in [-0.05, 0) is 76.2 Å². The van der Waals surface area contributed by atoms with Gasteiger partial charge in [0, 0.05) is 23.3 Å². The molecule has 0 spiro atoms. The fourth-order valence-corrected chi connectivity index (χ4v) is 4.19. The van der Waals surface area contributed by atoms with E-state index in [1.165, 1.54) is 93.3 Å². The van der Waals surface area contributed by atoms with Crippen LogP contribution in [0.2, 0.25) is 0 Å². The van der Waals surface area contributed by atoms with Gasteiger partial charge in [0.2, 0.25) is 0 Å². The highest BCUT2D eigenvalue weighted by Crippen LogP contribution is 2.33. The first-order valence-corrected chi connectivity index (χ1v) is 11.2. The van der Waals surface area contributed by atoms with E-state index < -0.39 is 0 Å². The van der Waals surface area contributed by atoms with E-state index in [0.29, 0.717) is 0 Å². The maximum atomic E-state index is 4.95. The zero-order chi connectivity index (χ0) is 18.9. The van der Waals surface area contributed by atoms with E-state index >= 15 is 0 Å². The Labute approximate surface area is 165 Å². The van der Waals surface area contributed by atoms with E-state index in [2.05, 4.69) is 48.3 Å². The summed E-state index contributed by atoms with van der Waals surface area (Å²) in [5.41, 5.74) is 5.32. The number of nitrogens with one attached hydrogen (secondary N) is 1. The lowest BCUT2D eigenvalue weighted by atomic mass is 9.92. The van der Waals surface area contributed by atoms with Gasteiger partial charge in [0.15, 0.2) is 0 Å². The number of hydrogen-bond donors (Lipinski definition) is 1. The molecule has 0 saturated carbocycles. The number of rotatable bonds is 11. The molecule has 1 aliphatic rings. The maximum absolute atomic E-state index is 4.95. The highest BCUT2D eigenvalue weighted by molar-refractivity contribution is 5.93. The summed E-state index contributed by atoms with van der Waals surface area (Å²) in [6.07, 6.45) is 11.3. The van der Waals surface area contributed by atoms with E-state index in [1.54, 1.807) is 0 Å². The van der Waals surface area contributed by atoms with Crippen LogP contribution in [0.15, 0.2) is 24.3 Å². The third-order valence-electron chi connectivity index (χ3n) is 5.78. The maximum Gasteiger partial charge on any atom is 0.0726 e. The second-order valence-corrected chi connectivity index (χ2v) is 7.97. The lowest BCUT2D eigenvalue weighted by molar-refractivity contribution is 0.264. The molecule has 27 heavy (non-hydrogen) atoms. The first kappa shape index (κ1) is 20.1. The van der Waals surface area contributed by atoms with E-state index in [-0.39, 0.29) is 0 Å². The van der Waals surface area contributed by atoms with Crippen LogP contribution < -0.4 is 5.32 Å². The zero-order valence-electron chi connectivity index (χ0n) is 17.4. The van der Waals surface area contributed by atoms with Crippen molar-refractivity contribution < 1.29 is 0 Å². The van der Waals surface area contributed by atoms with Gasteiger partial charge >= 0.3 is 0 Å². The lowest BCUT2D eigenvalue weighted by Gasteiger charge is -2.24. The summed E-state index contributed by atoms with van der Waals surface area (Å²) in [4.78, 5) is 7.61. The van der Waals surface area contributed by atoms with Crippen LogP contribution in [0.25, 0.3) is 10.9 Å². The molecule has 0 saturated heterocycles. The minimum absolute atomic E-state index is 1.05. The molecule has 0 atom stereocenters. The van der Waals surface area contributed by atoms with Gasteiger partial charge in [0.1, 0.15) is 0 Å². The molecule has 3 heteroatoms. The first-order chi connectivity index (χ1) is 13.3. The third-order valence-corrected chi connectivity index (χ3v) is 5.78. The quantitative estimate of drug-likeness (QED) is 0.507. The molecule has 1 aliphatic carbocycles. The van der Waals surface area contributed by atoms with Gasteiger partial charge in [-0.3, -0.25) is 4.98 Å². The molecule has 0 fully saturated rings. The summed E-state index contributed by atoms with van der Waals surface area (Å²) in [5, 5.41) is 5.11. The van der Waals surface area contributed by atoms with Gasteiger partial charge in [-0.15, -0.1) is 0 Å². The second-order valence-electron chi connectivity index (χ2n) is 7.97. The SMILES string of the molecule is CCCCN(CCCC)CCCNc1c2c(nc3ccccc13)CCCC2. The average Bonchev–Trinajstić information content (AvgIpc) is 2.71. The standard InChI is InChI=1S/C24H37N3/c1-3-5-17-27(18-6-4-2)19-11-16-25-24-20-12-7-9-14-22(20)26-23-15-10-8-13-21(23)24/h7,9,12,14H,3-6,8,10-11,13,15-19H2,1-2H3,(H,25,26).